The highest BCUT2D eigenvalue weighted by Crippen LogP contribution is 2.43. The van der Waals surface area contributed by atoms with E-state index in [2.05, 4.69) is 28.2 Å². The van der Waals surface area contributed by atoms with Gasteiger partial charge in [-0.3, -0.25) is 13.8 Å². The van der Waals surface area contributed by atoms with Crippen LogP contribution in [-0.4, -0.2) is 49.1 Å². The highest BCUT2D eigenvalue weighted by molar-refractivity contribution is 9.09. The van der Waals surface area contributed by atoms with Crippen molar-refractivity contribution in [2.24, 2.45) is 0 Å². The van der Waals surface area contributed by atoms with Crippen molar-refractivity contribution in [1.29, 1.82) is 0 Å². The number of unbranched alkanes of at least 4 members (excludes halogenated alkanes) is 12. The summed E-state index contributed by atoms with van der Waals surface area (Å²) in [7, 11) is -2.62. The van der Waals surface area contributed by atoms with Crippen molar-refractivity contribution in [2.45, 2.75) is 103 Å². The molecule has 31 heavy (non-hydrogen) atoms. The number of hydrogen-bond acceptors (Lipinski definition) is 5. The first-order valence-electron chi connectivity index (χ1n) is 11.9. The number of rotatable bonds is 23. The quantitative estimate of drug-likeness (QED) is 0.0938. The van der Waals surface area contributed by atoms with Gasteiger partial charge in [0.15, 0.2) is 0 Å². The third-order valence-corrected chi connectivity index (χ3v) is 6.43. The fourth-order valence-corrected chi connectivity index (χ4v) is 4.36. The normalized spacial score (nSPS) is 14.3. The highest BCUT2D eigenvalue weighted by Gasteiger charge is 2.23. The van der Waals surface area contributed by atoms with Gasteiger partial charge in [0.25, 0.3) is 0 Å². The van der Waals surface area contributed by atoms with Gasteiger partial charge < -0.3 is 14.9 Å². The smallest absolute Gasteiger partial charge is 0.377 e. The van der Waals surface area contributed by atoms with E-state index in [1.165, 1.54) is 77.7 Å². The minimum absolute atomic E-state index is 0.0344. The molecule has 1 unspecified atom stereocenters. The van der Waals surface area contributed by atoms with Crippen LogP contribution in [-0.2, 0) is 23.1 Å². The van der Waals surface area contributed by atoms with Crippen molar-refractivity contribution in [2.75, 3.05) is 32.2 Å². The van der Waals surface area contributed by atoms with Crippen LogP contribution in [0.2, 0.25) is 0 Å². The van der Waals surface area contributed by atoms with Gasteiger partial charge >= 0.3 is 7.82 Å². The first-order chi connectivity index (χ1) is 14.9. The van der Waals surface area contributed by atoms with Crippen molar-refractivity contribution in [3.05, 3.63) is 0 Å². The van der Waals surface area contributed by atoms with Crippen LogP contribution in [0.25, 0.3) is 0 Å². The number of carbonyl (C=O) groups excluding carboxylic acids is 1. The van der Waals surface area contributed by atoms with Crippen LogP contribution < -0.4 is 5.32 Å². The summed E-state index contributed by atoms with van der Waals surface area (Å²) in [4.78, 5) is 21.5. The molecule has 2 atom stereocenters. The molecular weight excluding hydrogens is 485 g/mol. The number of carbonyl (C=O) groups is 1. The van der Waals surface area contributed by atoms with E-state index in [0.29, 0.717) is 11.8 Å². The van der Waals surface area contributed by atoms with Gasteiger partial charge in [0.2, 0.25) is 5.91 Å². The summed E-state index contributed by atoms with van der Waals surface area (Å²) in [6.45, 7) is 2.42. The van der Waals surface area contributed by atoms with Crippen LogP contribution in [0.1, 0.15) is 96.8 Å². The average Bonchev–Trinajstić information content (AvgIpc) is 2.75. The van der Waals surface area contributed by atoms with E-state index >= 15 is 0 Å². The Morgan fingerprint density at radius 3 is 1.94 bits per heavy atom. The monoisotopic (exact) mass is 529 g/mol. The van der Waals surface area contributed by atoms with Crippen LogP contribution in [0, 0.1) is 0 Å². The molecule has 186 valence electrons. The molecule has 7 nitrogen and oxygen atoms in total. The lowest BCUT2D eigenvalue weighted by Gasteiger charge is -2.18. The van der Waals surface area contributed by atoms with Gasteiger partial charge in [0.1, 0.15) is 0 Å². The van der Waals surface area contributed by atoms with E-state index in [1.807, 2.05) is 0 Å². The van der Waals surface area contributed by atoms with Gasteiger partial charge in [-0.2, -0.15) is 0 Å². The molecule has 9 heteroatoms. The number of nitrogens with one attached hydrogen (secondary N) is 1. The molecule has 0 spiro atoms. The Kier molecular flexibility index (Phi) is 21.9. The lowest BCUT2D eigenvalue weighted by atomic mass is 10.0. The molecule has 2 N–H and O–H groups in total. The predicted molar refractivity (Wildman–Crippen MR) is 130 cm³/mol. The lowest BCUT2D eigenvalue weighted by Crippen LogP contribution is -2.35. The molecule has 0 rings (SSSR count). The molecule has 0 heterocycles. The molecule has 0 aromatic heterocycles. The molecule has 0 aromatic rings. The molecule has 1 amide bonds. The minimum Gasteiger partial charge on any atom is -0.377 e. The van der Waals surface area contributed by atoms with Gasteiger partial charge in [-0.15, -0.1) is 0 Å². The first kappa shape index (κ1) is 31.0. The zero-order valence-electron chi connectivity index (χ0n) is 19.6. The zero-order chi connectivity index (χ0) is 23.2. The molecular formula is C22H45BrNO6P. The van der Waals surface area contributed by atoms with Crippen molar-refractivity contribution >= 4 is 29.7 Å². The van der Waals surface area contributed by atoms with Gasteiger partial charge in [0.05, 0.1) is 19.3 Å². The Morgan fingerprint density at radius 1 is 0.935 bits per heavy atom. The zero-order valence-corrected chi connectivity index (χ0v) is 22.1. The second-order valence-electron chi connectivity index (χ2n) is 7.94. The van der Waals surface area contributed by atoms with E-state index in [1.54, 1.807) is 0 Å². The Balaban J connectivity index is 3.58. The number of alkyl halides is 1. The summed E-state index contributed by atoms with van der Waals surface area (Å²) in [5, 5.41) is 3.23. The number of phosphoric ester groups is 1. The maximum atomic E-state index is 12.0. The number of ether oxygens (including phenoxy) is 1. The van der Waals surface area contributed by atoms with E-state index in [-0.39, 0.29) is 25.7 Å². The largest absolute Gasteiger partial charge is 0.472 e. The number of amides is 1. The van der Waals surface area contributed by atoms with E-state index in [0.717, 1.165) is 12.8 Å². The SMILES string of the molecule is CCCCCCCCCCCCCCCC(=O)NC[C@H](COP(=O)(O)OCCBr)OC. The third kappa shape index (κ3) is 21.6. The second kappa shape index (κ2) is 21.8. The molecule has 0 radical (unpaired) electrons. The predicted octanol–water partition coefficient (Wildman–Crippen LogP) is 6.13. The molecule has 0 aliphatic rings. The second-order valence-corrected chi connectivity index (χ2v) is 10.2. The minimum atomic E-state index is -4.09. The standard InChI is InChI=1S/C22H45BrNO6P/c1-3-4-5-6-7-8-9-10-11-12-13-14-15-16-22(25)24-19-21(28-2)20-30-31(26,27)29-18-17-23/h21H,3-20H2,1-2H3,(H,24,25)(H,26,27)/t21-/m1/s1. The molecule has 0 saturated heterocycles. The van der Waals surface area contributed by atoms with E-state index in [9.17, 15) is 14.3 Å². The Hall–Kier alpha value is 0.0200. The van der Waals surface area contributed by atoms with Crippen LogP contribution >= 0.6 is 23.8 Å². The summed E-state index contributed by atoms with van der Waals surface area (Å²) in [5.74, 6) is -0.0344. The third-order valence-electron chi connectivity index (χ3n) is 5.12. The molecule has 0 fully saturated rings. The van der Waals surface area contributed by atoms with Crippen LogP contribution in [0.4, 0.5) is 0 Å². The Bertz CT molecular complexity index is 469. The highest BCUT2D eigenvalue weighted by atomic mass is 79.9. The maximum Gasteiger partial charge on any atom is 0.472 e. The average molecular weight is 530 g/mol. The Morgan fingerprint density at radius 2 is 1.45 bits per heavy atom. The van der Waals surface area contributed by atoms with Crippen molar-refractivity contribution in [1.82, 2.24) is 5.32 Å². The molecule has 0 aliphatic carbocycles. The van der Waals surface area contributed by atoms with Gasteiger partial charge in [-0.25, -0.2) is 4.57 Å². The summed E-state index contributed by atoms with van der Waals surface area (Å²) in [5.41, 5.74) is 0. The van der Waals surface area contributed by atoms with Gasteiger partial charge in [-0.1, -0.05) is 99.9 Å². The molecule has 0 bridgehead atoms. The molecule has 0 saturated carbocycles. The molecule has 0 aromatic carbocycles. The first-order valence-corrected chi connectivity index (χ1v) is 14.5. The number of halogens is 1. The van der Waals surface area contributed by atoms with Crippen molar-refractivity contribution in [3.63, 3.8) is 0 Å². The fraction of sp³-hybridized carbons (Fsp3) is 0.955. The molecule has 0 aliphatic heterocycles. The van der Waals surface area contributed by atoms with Crippen LogP contribution in [0.3, 0.4) is 0 Å². The van der Waals surface area contributed by atoms with Crippen LogP contribution in [0.15, 0.2) is 0 Å². The fourth-order valence-electron chi connectivity index (χ4n) is 3.19. The number of hydrogen-bond donors (Lipinski definition) is 2. The summed E-state index contributed by atoms with van der Waals surface area (Å²) in [6.07, 6.45) is 16.6. The number of methoxy groups -OCH3 is 1. The number of phosphoric acid groups is 1. The van der Waals surface area contributed by atoms with Crippen molar-refractivity contribution in [3.8, 4) is 0 Å². The van der Waals surface area contributed by atoms with E-state index in [4.69, 9.17) is 13.8 Å². The van der Waals surface area contributed by atoms with E-state index < -0.39 is 13.9 Å². The maximum absolute atomic E-state index is 12.0. The van der Waals surface area contributed by atoms with Crippen molar-refractivity contribution < 1.29 is 28.0 Å². The summed E-state index contributed by atoms with van der Waals surface area (Å²) >= 11 is 3.11. The summed E-state index contributed by atoms with van der Waals surface area (Å²) in [6, 6.07) is 0. The van der Waals surface area contributed by atoms with Gasteiger partial charge in [-0.05, 0) is 6.42 Å². The lowest BCUT2D eigenvalue weighted by molar-refractivity contribution is -0.121. The Labute approximate surface area is 198 Å². The van der Waals surface area contributed by atoms with Gasteiger partial charge in [0, 0.05) is 25.4 Å². The van der Waals surface area contributed by atoms with Crippen LogP contribution in [0.5, 0.6) is 0 Å². The topological polar surface area (TPSA) is 94.1 Å². The summed E-state index contributed by atoms with van der Waals surface area (Å²) < 4.78 is 26.4.